The van der Waals surface area contributed by atoms with E-state index in [1.54, 1.807) is 0 Å². The molecule has 0 aliphatic rings. The summed E-state index contributed by atoms with van der Waals surface area (Å²) in [5.41, 5.74) is 1.19. The summed E-state index contributed by atoms with van der Waals surface area (Å²) >= 11 is -2.13. The van der Waals surface area contributed by atoms with Crippen molar-refractivity contribution in [2.45, 2.75) is 79.5 Å². The first kappa shape index (κ1) is 20.7. The molecule has 0 radical (unpaired) electrons. The summed E-state index contributed by atoms with van der Waals surface area (Å²) in [6.45, 7) is 9.02. The Morgan fingerprint density at radius 2 is 1.43 bits per heavy atom. The van der Waals surface area contributed by atoms with Gasteiger partial charge in [-0.15, -0.1) is 0 Å². The molecule has 0 fully saturated rings. The van der Waals surface area contributed by atoms with Crippen LogP contribution in [0.2, 0.25) is 13.3 Å². The van der Waals surface area contributed by atoms with Gasteiger partial charge in [0.25, 0.3) is 0 Å². The maximum absolute atomic E-state index is 8.51. The fraction of sp³-hybridized carbons (Fsp3) is 0.722. The van der Waals surface area contributed by atoms with Crippen LogP contribution in [0.1, 0.15) is 66.2 Å². The molecular formula is C18H35NOSn. The third-order valence-corrected chi connectivity index (χ3v) is 18.2. The van der Waals surface area contributed by atoms with Crippen LogP contribution in [-0.2, 0) is 0 Å². The van der Waals surface area contributed by atoms with Crippen molar-refractivity contribution in [1.82, 2.24) is 0 Å². The van der Waals surface area contributed by atoms with Crippen molar-refractivity contribution in [3.63, 3.8) is 0 Å². The van der Waals surface area contributed by atoms with Crippen LogP contribution in [-0.4, -0.2) is 29.8 Å². The van der Waals surface area contributed by atoms with Crippen LogP contribution in [0.5, 0.6) is 0 Å². The zero-order chi connectivity index (χ0) is 16.0. The number of hydrogen-bond donors (Lipinski definition) is 1. The Bertz CT molecular complexity index is 312. The molecule has 0 aliphatic carbocycles. The Morgan fingerprint density at radius 1 is 0.952 bits per heavy atom. The Morgan fingerprint density at radius 3 is 1.81 bits per heavy atom. The van der Waals surface area contributed by atoms with Gasteiger partial charge < -0.3 is 0 Å². The van der Waals surface area contributed by atoms with E-state index in [0.717, 1.165) is 0 Å². The van der Waals surface area contributed by atoms with E-state index in [2.05, 4.69) is 43.0 Å². The fourth-order valence-corrected chi connectivity index (χ4v) is 17.1. The number of rotatable bonds is 12. The molecule has 0 bridgehead atoms. The van der Waals surface area contributed by atoms with Gasteiger partial charge in [0.15, 0.2) is 0 Å². The van der Waals surface area contributed by atoms with E-state index in [1.165, 1.54) is 63.6 Å². The van der Waals surface area contributed by atoms with Crippen LogP contribution in [0, 0.1) is 0 Å². The Hall–Kier alpha value is -0.251. The van der Waals surface area contributed by atoms with Crippen LogP contribution in [0.3, 0.4) is 0 Å². The number of allylic oxidation sites excluding steroid dienone is 3. The third-order valence-electron chi connectivity index (χ3n) is 4.19. The van der Waals surface area contributed by atoms with E-state index in [-0.39, 0.29) is 0 Å². The molecule has 0 rings (SSSR count). The molecule has 0 aromatic heterocycles. The molecule has 0 unspecified atom stereocenters. The molecule has 0 atom stereocenters. The first-order chi connectivity index (χ1) is 10.1. The Labute approximate surface area is 136 Å². The molecule has 122 valence electrons. The summed E-state index contributed by atoms with van der Waals surface area (Å²) in [4.78, 5) is 0. The topological polar surface area (TPSA) is 32.6 Å². The van der Waals surface area contributed by atoms with Crippen LogP contribution in [0.25, 0.3) is 0 Å². The predicted molar refractivity (Wildman–Crippen MR) is 98.1 cm³/mol. The Kier molecular flexibility index (Phi) is 13.3. The summed E-state index contributed by atoms with van der Waals surface area (Å²) in [6, 6.07) is 0. The van der Waals surface area contributed by atoms with E-state index in [1.807, 2.05) is 6.08 Å². The fourth-order valence-electron chi connectivity index (χ4n) is 2.73. The van der Waals surface area contributed by atoms with Crippen molar-refractivity contribution in [1.29, 1.82) is 0 Å². The molecule has 3 heteroatoms. The SMILES string of the molecule is CCC[CH2][Sn](/[CH]=C/C(C)=C/C=N/O)([CH2]CCC)[CH2]CCC. The zero-order valence-corrected chi connectivity index (χ0v) is 17.4. The summed E-state index contributed by atoms with van der Waals surface area (Å²) in [6.07, 6.45) is 13.8. The van der Waals surface area contributed by atoms with E-state index < -0.39 is 18.4 Å². The van der Waals surface area contributed by atoms with Gasteiger partial charge in [-0.05, 0) is 0 Å². The standard InChI is InChI=1S/C6H8NO.3C4H9.Sn/c1-3-6(2)4-5-7-8;3*1-3-4-2;/h1,3-5,8H,2H3;3*1,3-4H2,2H3;/b3-1?,6-4+,7-5+;;;;. The zero-order valence-electron chi connectivity index (χ0n) is 14.6. The van der Waals surface area contributed by atoms with Gasteiger partial charge in [-0.3, -0.25) is 0 Å². The molecule has 21 heavy (non-hydrogen) atoms. The van der Waals surface area contributed by atoms with E-state index in [0.29, 0.717) is 0 Å². The third kappa shape index (κ3) is 10.2. The molecule has 0 spiro atoms. The van der Waals surface area contributed by atoms with Crippen molar-refractivity contribution in [3.8, 4) is 0 Å². The van der Waals surface area contributed by atoms with Gasteiger partial charge in [-0.1, -0.05) is 0 Å². The molecule has 0 saturated heterocycles. The Balaban J connectivity index is 5.05. The van der Waals surface area contributed by atoms with Crippen molar-refractivity contribution in [2.24, 2.45) is 5.16 Å². The summed E-state index contributed by atoms with van der Waals surface area (Å²) < 4.78 is 7.15. The monoisotopic (exact) mass is 401 g/mol. The summed E-state index contributed by atoms with van der Waals surface area (Å²) in [5, 5.41) is 11.6. The van der Waals surface area contributed by atoms with Crippen LogP contribution < -0.4 is 0 Å². The van der Waals surface area contributed by atoms with E-state index in [9.17, 15) is 0 Å². The van der Waals surface area contributed by atoms with Crippen molar-refractivity contribution in [2.75, 3.05) is 0 Å². The van der Waals surface area contributed by atoms with E-state index in [4.69, 9.17) is 5.21 Å². The number of hydrogen-bond acceptors (Lipinski definition) is 2. The number of unbranched alkanes of at least 4 members (excludes halogenated alkanes) is 3. The first-order valence-electron chi connectivity index (χ1n) is 8.67. The molecule has 0 aliphatic heterocycles. The second-order valence-electron chi connectivity index (χ2n) is 6.18. The molecular weight excluding hydrogens is 365 g/mol. The maximum atomic E-state index is 8.51. The van der Waals surface area contributed by atoms with Gasteiger partial charge in [0.1, 0.15) is 0 Å². The van der Waals surface area contributed by atoms with Crippen molar-refractivity contribution in [3.05, 3.63) is 21.8 Å². The predicted octanol–water partition coefficient (Wildman–Crippen LogP) is 6.34. The van der Waals surface area contributed by atoms with Crippen molar-refractivity contribution < 1.29 is 5.21 Å². The van der Waals surface area contributed by atoms with Gasteiger partial charge in [-0.2, -0.15) is 0 Å². The normalized spacial score (nSPS) is 13.6. The summed E-state index contributed by atoms with van der Waals surface area (Å²) in [5.74, 6) is 0. The number of nitrogens with zero attached hydrogens (tertiary/aromatic N) is 1. The number of oxime groups is 1. The average molecular weight is 400 g/mol. The average Bonchev–Trinajstić information content (AvgIpc) is 2.51. The van der Waals surface area contributed by atoms with Gasteiger partial charge in [-0.25, -0.2) is 0 Å². The molecule has 2 nitrogen and oxygen atoms in total. The van der Waals surface area contributed by atoms with Crippen LogP contribution in [0.4, 0.5) is 0 Å². The second kappa shape index (κ2) is 13.4. The van der Waals surface area contributed by atoms with E-state index >= 15 is 0 Å². The van der Waals surface area contributed by atoms with Gasteiger partial charge in [0.2, 0.25) is 0 Å². The van der Waals surface area contributed by atoms with Crippen molar-refractivity contribution >= 4 is 24.6 Å². The van der Waals surface area contributed by atoms with Gasteiger partial charge in [0.05, 0.1) is 0 Å². The molecule has 1 N–H and O–H groups in total. The second-order valence-corrected chi connectivity index (χ2v) is 19.2. The minimum atomic E-state index is -2.13. The van der Waals surface area contributed by atoms with Crippen LogP contribution >= 0.6 is 0 Å². The minimum absolute atomic E-state index is 1.19. The van der Waals surface area contributed by atoms with Gasteiger partial charge >= 0.3 is 136 Å². The van der Waals surface area contributed by atoms with Crippen LogP contribution in [0.15, 0.2) is 27.0 Å². The quantitative estimate of drug-likeness (QED) is 0.134. The summed E-state index contributed by atoms with van der Waals surface area (Å²) in [7, 11) is 0. The van der Waals surface area contributed by atoms with Gasteiger partial charge in [0, 0.05) is 0 Å². The first-order valence-corrected chi connectivity index (χ1v) is 16.4. The molecule has 0 aromatic carbocycles. The molecule has 0 saturated carbocycles. The molecule has 0 aromatic rings. The molecule has 0 amide bonds. The molecule has 0 heterocycles.